The van der Waals surface area contributed by atoms with Crippen LogP contribution in [0.25, 0.3) is 10.9 Å². The molecule has 0 spiro atoms. The largest absolute Gasteiger partial charge is 0.492 e. The predicted molar refractivity (Wildman–Crippen MR) is 84.9 cm³/mol. The van der Waals surface area contributed by atoms with Crippen LogP contribution in [0.3, 0.4) is 0 Å². The lowest BCUT2D eigenvalue weighted by Crippen LogP contribution is -2.37. The topological polar surface area (TPSA) is 74.8 Å². The first-order valence-corrected chi connectivity index (χ1v) is 7.96. The number of nitrogens with zero attached hydrogens (tertiary/aromatic N) is 1. The van der Waals surface area contributed by atoms with Gasteiger partial charge in [0.2, 0.25) is 0 Å². The summed E-state index contributed by atoms with van der Waals surface area (Å²) in [6, 6.07) is 5.54. The van der Waals surface area contributed by atoms with Gasteiger partial charge in [0.15, 0.2) is 0 Å². The van der Waals surface area contributed by atoms with Crippen molar-refractivity contribution in [3.63, 3.8) is 0 Å². The molecule has 0 saturated carbocycles. The number of nitrogens with one attached hydrogen (secondary N) is 1. The molecule has 2 aromatic rings. The van der Waals surface area contributed by atoms with E-state index in [1.165, 1.54) is 0 Å². The summed E-state index contributed by atoms with van der Waals surface area (Å²) in [6.45, 7) is 5.16. The van der Waals surface area contributed by atoms with Crippen molar-refractivity contribution in [3.8, 4) is 5.75 Å². The number of ether oxygens (including phenoxy) is 2. The van der Waals surface area contributed by atoms with E-state index >= 15 is 0 Å². The average molecular weight is 316 g/mol. The first-order chi connectivity index (χ1) is 11.1. The highest BCUT2D eigenvalue weighted by atomic mass is 16.5. The van der Waals surface area contributed by atoms with E-state index in [2.05, 4.69) is 9.88 Å². The van der Waals surface area contributed by atoms with Gasteiger partial charge in [-0.15, -0.1) is 0 Å². The number of aryl methyl sites for hydroxylation is 1. The zero-order valence-corrected chi connectivity index (χ0v) is 13.0. The van der Waals surface area contributed by atoms with Crippen molar-refractivity contribution in [2.75, 3.05) is 26.3 Å². The second-order valence-electron chi connectivity index (χ2n) is 6.37. The number of hydrogen-bond donors (Lipinski definition) is 2. The number of hydrogen-bond acceptors (Lipinski definition) is 4. The minimum absolute atomic E-state index is 0.261. The van der Waals surface area contributed by atoms with Crippen LogP contribution >= 0.6 is 0 Å². The van der Waals surface area contributed by atoms with E-state index < -0.39 is 5.97 Å². The fourth-order valence-corrected chi connectivity index (χ4v) is 3.69. The summed E-state index contributed by atoms with van der Waals surface area (Å²) in [5.74, 6) is 0.456. The van der Waals surface area contributed by atoms with Crippen molar-refractivity contribution in [2.24, 2.45) is 5.92 Å². The van der Waals surface area contributed by atoms with E-state index in [4.69, 9.17) is 9.47 Å². The maximum Gasteiger partial charge on any atom is 0.338 e. The highest BCUT2D eigenvalue weighted by molar-refractivity contribution is 6.05. The van der Waals surface area contributed by atoms with E-state index in [0.717, 1.165) is 31.6 Å². The number of benzene rings is 1. The maximum atomic E-state index is 11.4. The summed E-state index contributed by atoms with van der Waals surface area (Å²) < 4.78 is 11.5. The first-order valence-electron chi connectivity index (χ1n) is 7.96. The van der Waals surface area contributed by atoms with Crippen LogP contribution in [0, 0.1) is 12.8 Å². The van der Waals surface area contributed by atoms with Gasteiger partial charge in [-0.3, -0.25) is 4.90 Å². The Morgan fingerprint density at radius 2 is 2.39 bits per heavy atom. The van der Waals surface area contributed by atoms with Crippen molar-refractivity contribution >= 4 is 16.9 Å². The molecule has 2 saturated heterocycles. The summed E-state index contributed by atoms with van der Waals surface area (Å²) >= 11 is 0. The van der Waals surface area contributed by atoms with E-state index in [1.807, 2.05) is 12.1 Å². The number of carboxylic acids is 1. The van der Waals surface area contributed by atoms with E-state index in [-0.39, 0.29) is 6.23 Å². The highest BCUT2D eigenvalue weighted by Gasteiger charge is 2.38. The molecule has 6 nitrogen and oxygen atoms in total. The molecule has 1 aromatic carbocycles. The Labute approximate surface area is 134 Å². The number of aromatic amines is 1. The van der Waals surface area contributed by atoms with Gasteiger partial charge in [-0.2, -0.15) is 0 Å². The van der Waals surface area contributed by atoms with Crippen LogP contribution in [0.1, 0.15) is 22.5 Å². The van der Waals surface area contributed by atoms with Gasteiger partial charge in [-0.1, -0.05) is 0 Å². The van der Waals surface area contributed by atoms with Crippen molar-refractivity contribution in [3.05, 3.63) is 29.5 Å². The quantitative estimate of drug-likeness (QED) is 0.885. The molecule has 122 valence electrons. The minimum Gasteiger partial charge on any atom is -0.492 e. The normalized spacial score (nSPS) is 23.7. The number of carboxylic acid groups (broad SMARTS) is 1. The molecule has 2 aliphatic rings. The molecule has 2 N–H and O–H groups in total. The summed E-state index contributed by atoms with van der Waals surface area (Å²) in [5, 5.41) is 10.0. The number of carbonyl (C=O) groups is 1. The molecule has 23 heavy (non-hydrogen) atoms. The van der Waals surface area contributed by atoms with Crippen molar-refractivity contribution in [1.29, 1.82) is 0 Å². The van der Waals surface area contributed by atoms with Crippen molar-refractivity contribution in [2.45, 2.75) is 19.6 Å². The Hall–Kier alpha value is -2.05. The fourth-order valence-electron chi connectivity index (χ4n) is 3.69. The third-order valence-corrected chi connectivity index (χ3v) is 4.78. The van der Waals surface area contributed by atoms with E-state index in [9.17, 15) is 9.90 Å². The molecule has 0 amide bonds. The van der Waals surface area contributed by atoms with Gasteiger partial charge in [0.05, 0.1) is 12.2 Å². The average Bonchev–Trinajstić information content (AvgIpc) is 3.19. The Balaban J connectivity index is 1.44. The van der Waals surface area contributed by atoms with Gasteiger partial charge in [-0.25, -0.2) is 4.79 Å². The molecule has 2 aliphatic heterocycles. The molecular formula is C17H20N2O4. The van der Waals surface area contributed by atoms with E-state index in [1.54, 1.807) is 13.0 Å². The lowest BCUT2D eigenvalue weighted by molar-refractivity contribution is -0.0420. The number of likely N-dealkylation sites (tertiary alicyclic amines) is 1. The zero-order valence-electron chi connectivity index (χ0n) is 13.0. The summed E-state index contributed by atoms with van der Waals surface area (Å²) in [5.41, 5.74) is 1.79. The van der Waals surface area contributed by atoms with Crippen LogP contribution in [0.2, 0.25) is 0 Å². The van der Waals surface area contributed by atoms with Gasteiger partial charge >= 0.3 is 5.97 Å². The molecule has 2 fully saturated rings. The first kappa shape index (κ1) is 14.5. The molecule has 2 unspecified atom stereocenters. The minimum atomic E-state index is -0.920. The van der Waals surface area contributed by atoms with Gasteiger partial charge in [-0.05, 0) is 37.5 Å². The van der Waals surface area contributed by atoms with Gasteiger partial charge in [0.25, 0.3) is 0 Å². The molecular weight excluding hydrogens is 296 g/mol. The smallest absolute Gasteiger partial charge is 0.338 e. The molecule has 6 heteroatoms. The van der Waals surface area contributed by atoms with Crippen molar-refractivity contribution in [1.82, 2.24) is 9.88 Å². The monoisotopic (exact) mass is 316 g/mol. The van der Waals surface area contributed by atoms with Crippen LogP contribution in [0.15, 0.2) is 18.2 Å². The van der Waals surface area contributed by atoms with Crippen LogP contribution in [0.4, 0.5) is 0 Å². The van der Waals surface area contributed by atoms with Gasteiger partial charge < -0.3 is 19.6 Å². The zero-order chi connectivity index (χ0) is 16.0. The summed E-state index contributed by atoms with van der Waals surface area (Å²) in [6.07, 6.45) is 1.40. The lowest BCUT2D eigenvalue weighted by Gasteiger charge is -2.26. The van der Waals surface area contributed by atoms with Gasteiger partial charge in [0, 0.05) is 29.7 Å². The third-order valence-electron chi connectivity index (χ3n) is 4.78. The molecule has 3 heterocycles. The number of aromatic carboxylic acids is 1. The predicted octanol–water partition coefficient (Wildman–Crippen LogP) is 2.23. The summed E-state index contributed by atoms with van der Waals surface area (Å²) in [4.78, 5) is 16.8. The van der Waals surface area contributed by atoms with Crippen LogP contribution in [0.5, 0.6) is 5.75 Å². The number of rotatable bonds is 5. The third kappa shape index (κ3) is 2.58. The van der Waals surface area contributed by atoms with Crippen LogP contribution < -0.4 is 4.74 Å². The Kier molecular flexibility index (Phi) is 3.50. The molecule has 2 atom stereocenters. The fraction of sp³-hybridized carbons (Fsp3) is 0.471. The van der Waals surface area contributed by atoms with Crippen LogP contribution in [-0.2, 0) is 4.74 Å². The second-order valence-corrected chi connectivity index (χ2v) is 6.37. The molecule has 1 aromatic heterocycles. The van der Waals surface area contributed by atoms with Crippen molar-refractivity contribution < 1.29 is 19.4 Å². The van der Waals surface area contributed by atoms with Gasteiger partial charge in [0.1, 0.15) is 18.6 Å². The maximum absolute atomic E-state index is 11.4. The lowest BCUT2D eigenvalue weighted by atomic mass is 10.1. The Morgan fingerprint density at radius 3 is 3.09 bits per heavy atom. The second kappa shape index (κ2) is 5.54. The highest BCUT2D eigenvalue weighted by Crippen LogP contribution is 2.31. The molecule has 2 bridgehead atoms. The summed E-state index contributed by atoms with van der Waals surface area (Å²) in [7, 11) is 0. The Morgan fingerprint density at radius 1 is 1.52 bits per heavy atom. The number of aromatic nitrogens is 1. The molecule has 4 rings (SSSR count). The number of fused-ring (bicyclic) bond motifs is 3. The molecule has 0 radical (unpaired) electrons. The Bertz CT molecular complexity index is 754. The van der Waals surface area contributed by atoms with E-state index in [0.29, 0.717) is 34.9 Å². The van der Waals surface area contributed by atoms with Crippen LogP contribution in [-0.4, -0.2) is 53.5 Å². The SMILES string of the molecule is Cc1[nH]c2ccc(OCCN3CC4COC3C4)cc2c1C(=O)O. The number of H-pyrrole nitrogens is 1. The standard InChI is InChI=1S/C17H20N2O4/c1-10-16(17(20)21)13-7-12(2-3-14(13)18-10)22-5-4-19-8-11-6-15(19)23-9-11/h2-3,7,11,15,18H,4-6,8-9H2,1H3,(H,20,21). The molecule has 0 aliphatic carbocycles.